The zero-order chi connectivity index (χ0) is 18.2. The number of hydrogen-bond acceptors (Lipinski definition) is 6. The van der Waals surface area contributed by atoms with Gasteiger partial charge in [0.05, 0.1) is 30.8 Å². The Hall–Kier alpha value is -2.16. The lowest BCUT2D eigenvalue weighted by Gasteiger charge is -2.29. The first-order chi connectivity index (χ1) is 13.3. The van der Waals surface area contributed by atoms with Crippen LogP contribution in [0.5, 0.6) is 0 Å². The van der Waals surface area contributed by atoms with Crippen molar-refractivity contribution < 1.29 is 9.47 Å². The van der Waals surface area contributed by atoms with Crippen LogP contribution < -0.4 is 4.90 Å². The van der Waals surface area contributed by atoms with E-state index in [9.17, 15) is 0 Å². The summed E-state index contributed by atoms with van der Waals surface area (Å²) in [6.45, 7) is 3.79. The number of halogens is 1. The van der Waals surface area contributed by atoms with E-state index in [0.717, 1.165) is 61.7 Å². The van der Waals surface area contributed by atoms with Crippen molar-refractivity contribution in [1.82, 2.24) is 24.4 Å². The number of nitrogens with zero attached hydrogens (tertiary/aromatic N) is 6. The van der Waals surface area contributed by atoms with Crippen LogP contribution in [-0.4, -0.2) is 57.3 Å². The van der Waals surface area contributed by atoms with Gasteiger partial charge < -0.3 is 14.4 Å². The fourth-order valence-electron chi connectivity index (χ4n) is 3.80. The quantitative estimate of drug-likeness (QED) is 0.687. The van der Waals surface area contributed by atoms with E-state index < -0.39 is 0 Å². The monoisotopic (exact) mass is 388 g/mol. The standard InChI is InChI=1S/C18H21ClN6O2/c19-16-11-14(23-6-9-26-10-7-23)18-20-12-15(25(18)22-16)13-4-5-21-24(13)17-3-1-2-8-27-17/h4-5,11-12,17H,1-3,6-10H2. The van der Waals surface area contributed by atoms with Crippen LogP contribution in [0, 0.1) is 0 Å². The minimum Gasteiger partial charge on any atom is -0.378 e. The molecule has 2 aliphatic heterocycles. The summed E-state index contributed by atoms with van der Waals surface area (Å²) in [6, 6.07) is 3.85. The van der Waals surface area contributed by atoms with Crippen LogP contribution in [0.2, 0.25) is 5.15 Å². The molecule has 0 spiro atoms. The number of hydrogen-bond donors (Lipinski definition) is 0. The van der Waals surface area contributed by atoms with E-state index in [1.165, 1.54) is 0 Å². The van der Waals surface area contributed by atoms with Gasteiger partial charge in [-0.2, -0.15) is 10.2 Å². The molecule has 2 fully saturated rings. The number of aromatic nitrogens is 5. The summed E-state index contributed by atoms with van der Waals surface area (Å²) in [5.74, 6) is 0. The minimum absolute atomic E-state index is 0.0489. The molecule has 1 unspecified atom stereocenters. The molecule has 0 radical (unpaired) electrons. The summed E-state index contributed by atoms with van der Waals surface area (Å²) in [5.41, 5.74) is 3.55. The molecule has 2 saturated heterocycles. The maximum atomic E-state index is 6.36. The molecule has 0 N–H and O–H groups in total. The smallest absolute Gasteiger partial charge is 0.177 e. The van der Waals surface area contributed by atoms with Gasteiger partial charge in [-0.05, 0) is 25.3 Å². The molecule has 0 amide bonds. The molecule has 5 heterocycles. The third kappa shape index (κ3) is 3.07. The molecule has 1 atom stereocenters. The maximum Gasteiger partial charge on any atom is 0.177 e. The molecule has 142 valence electrons. The van der Waals surface area contributed by atoms with Crippen molar-refractivity contribution in [3.63, 3.8) is 0 Å². The third-order valence-corrected chi connectivity index (χ3v) is 5.32. The largest absolute Gasteiger partial charge is 0.378 e. The Bertz CT molecular complexity index is 943. The first-order valence-electron chi connectivity index (χ1n) is 9.34. The molecule has 3 aromatic heterocycles. The van der Waals surface area contributed by atoms with E-state index in [1.807, 2.05) is 27.5 Å². The highest BCUT2D eigenvalue weighted by molar-refractivity contribution is 6.29. The van der Waals surface area contributed by atoms with E-state index in [0.29, 0.717) is 18.4 Å². The topological polar surface area (TPSA) is 69.7 Å². The van der Waals surface area contributed by atoms with Gasteiger partial charge in [0, 0.05) is 32.0 Å². The first kappa shape index (κ1) is 17.0. The summed E-state index contributed by atoms with van der Waals surface area (Å²) >= 11 is 6.36. The highest BCUT2D eigenvalue weighted by Crippen LogP contribution is 2.31. The van der Waals surface area contributed by atoms with Crippen LogP contribution in [0.3, 0.4) is 0 Å². The summed E-state index contributed by atoms with van der Waals surface area (Å²) in [7, 11) is 0. The molecule has 9 heteroatoms. The molecule has 0 aromatic carbocycles. The van der Waals surface area contributed by atoms with Gasteiger partial charge in [-0.25, -0.2) is 14.2 Å². The number of ether oxygens (including phenoxy) is 2. The van der Waals surface area contributed by atoms with Gasteiger partial charge in [-0.15, -0.1) is 0 Å². The van der Waals surface area contributed by atoms with Gasteiger partial charge in [0.15, 0.2) is 17.0 Å². The molecule has 5 rings (SSSR count). The van der Waals surface area contributed by atoms with Crippen LogP contribution in [0.15, 0.2) is 24.5 Å². The molecule has 0 aliphatic carbocycles. The summed E-state index contributed by atoms with van der Waals surface area (Å²) in [5, 5.41) is 9.45. The van der Waals surface area contributed by atoms with Gasteiger partial charge in [-0.3, -0.25) is 0 Å². The van der Waals surface area contributed by atoms with E-state index >= 15 is 0 Å². The zero-order valence-electron chi connectivity index (χ0n) is 14.9. The zero-order valence-corrected chi connectivity index (χ0v) is 15.7. The summed E-state index contributed by atoms with van der Waals surface area (Å²) in [4.78, 5) is 6.90. The predicted octanol–water partition coefficient (Wildman–Crippen LogP) is 2.78. The summed E-state index contributed by atoms with van der Waals surface area (Å²) < 4.78 is 15.1. The average molecular weight is 389 g/mol. The number of rotatable bonds is 3. The Morgan fingerprint density at radius 2 is 2.00 bits per heavy atom. The van der Waals surface area contributed by atoms with Crippen molar-refractivity contribution in [3.05, 3.63) is 29.7 Å². The van der Waals surface area contributed by atoms with E-state index in [-0.39, 0.29) is 6.23 Å². The molecule has 8 nitrogen and oxygen atoms in total. The van der Waals surface area contributed by atoms with Crippen LogP contribution >= 0.6 is 11.6 Å². The van der Waals surface area contributed by atoms with Crippen LogP contribution in [0.25, 0.3) is 17.0 Å². The number of fused-ring (bicyclic) bond motifs is 1. The lowest BCUT2D eigenvalue weighted by atomic mass is 10.2. The summed E-state index contributed by atoms with van der Waals surface area (Å²) in [6.07, 6.45) is 6.77. The Labute approximate surface area is 161 Å². The van der Waals surface area contributed by atoms with Gasteiger partial charge in [0.1, 0.15) is 5.69 Å². The van der Waals surface area contributed by atoms with E-state index in [2.05, 4.69) is 20.1 Å². The second kappa shape index (κ2) is 7.10. The Morgan fingerprint density at radius 1 is 1.11 bits per heavy atom. The minimum atomic E-state index is -0.0489. The third-order valence-electron chi connectivity index (χ3n) is 5.13. The van der Waals surface area contributed by atoms with Crippen molar-refractivity contribution in [2.24, 2.45) is 0 Å². The van der Waals surface area contributed by atoms with Gasteiger partial charge in [0.25, 0.3) is 0 Å². The molecular formula is C18H21ClN6O2. The number of imidazole rings is 1. The number of morpholine rings is 1. The second-order valence-electron chi connectivity index (χ2n) is 6.81. The van der Waals surface area contributed by atoms with E-state index in [1.54, 1.807) is 6.20 Å². The van der Waals surface area contributed by atoms with Crippen molar-refractivity contribution in [2.75, 3.05) is 37.8 Å². The fraction of sp³-hybridized carbons (Fsp3) is 0.500. The SMILES string of the molecule is Clc1cc(N2CCOCC2)c2ncc(-c3ccnn3C3CCCCO3)n2n1. The van der Waals surface area contributed by atoms with Crippen molar-refractivity contribution >= 4 is 22.9 Å². The van der Waals surface area contributed by atoms with Crippen molar-refractivity contribution in [3.8, 4) is 11.4 Å². The normalized spacial score (nSPS) is 21.1. The van der Waals surface area contributed by atoms with Crippen LogP contribution in [-0.2, 0) is 9.47 Å². The lowest BCUT2D eigenvalue weighted by molar-refractivity contribution is -0.0384. The molecule has 0 bridgehead atoms. The van der Waals surface area contributed by atoms with E-state index in [4.69, 9.17) is 21.1 Å². The predicted molar refractivity (Wildman–Crippen MR) is 101 cm³/mol. The molecule has 27 heavy (non-hydrogen) atoms. The number of anilines is 1. The molecule has 0 saturated carbocycles. The Morgan fingerprint density at radius 3 is 2.81 bits per heavy atom. The Kier molecular flexibility index (Phi) is 4.47. The fourth-order valence-corrected chi connectivity index (χ4v) is 3.98. The van der Waals surface area contributed by atoms with Gasteiger partial charge in [0.2, 0.25) is 0 Å². The maximum absolute atomic E-state index is 6.36. The Balaban J connectivity index is 1.59. The van der Waals surface area contributed by atoms with Gasteiger partial charge >= 0.3 is 0 Å². The van der Waals surface area contributed by atoms with Crippen LogP contribution in [0.1, 0.15) is 25.5 Å². The highest BCUT2D eigenvalue weighted by Gasteiger charge is 2.23. The second-order valence-corrected chi connectivity index (χ2v) is 7.20. The van der Waals surface area contributed by atoms with Crippen LogP contribution in [0.4, 0.5) is 5.69 Å². The molecule has 2 aliphatic rings. The van der Waals surface area contributed by atoms with Crippen molar-refractivity contribution in [1.29, 1.82) is 0 Å². The van der Waals surface area contributed by atoms with Gasteiger partial charge in [-0.1, -0.05) is 11.6 Å². The first-order valence-corrected chi connectivity index (χ1v) is 9.71. The molecular weight excluding hydrogens is 368 g/mol. The highest BCUT2D eigenvalue weighted by atomic mass is 35.5. The molecule has 3 aromatic rings. The lowest BCUT2D eigenvalue weighted by Crippen LogP contribution is -2.36. The average Bonchev–Trinajstić information content (AvgIpc) is 3.35. The van der Waals surface area contributed by atoms with Crippen molar-refractivity contribution in [2.45, 2.75) is 25.5 Å².